The molecule has 1 aliphatic rings. The summed E-state index contributed by atoms with van der Waals surface area (Å²) in [6.45, 7) is 3.05. The molecule has 0 fully saturated rings. The van der Waals surface area contributed by atoms with Crippen LogP contribution in [0.1, 0.15) is 18.8 Å². The Balaban J connectivity index is 1.85. The number of nitrogens with zero attached hydrogens (tertiary/aromatic N) is 2. The predicted molar refractivity (Wildman–Crippen MR) is 81.3 cm³/mol. The van der Waals surface area contributed by atoms with Gasteiger partial charge in [-0.15, -0.1) is 11.8 Å². The largest absolute Gasteiger partial charge is 0.486 e. The third kappa shape index (κ3) is 2.43. The van der Waals surface area contributed by atoms with E-state index >= 15 is 0 Å². The molecule has 1 aliphatic heterocycles. The fourth-order valence-corrected chi connectivity index (χ4v) is 3.59. The van der Waals surface area contributed by atoms with Crippen molar-refractivity contribution in [3.05, 3.63) is 42.5 Å². The minimum absolute atomic E-state index is 0.0904. The number of fused-ring (bicyclic) bond motifs is 1. The van der Waals surface area contributed by atoms with Gasteiger partial charge in [0.1, 0.15) is 23.7 Å². The predicted octanol–water partition coefficient (Wildman–Crippen LogP) is 2.72. The summed E-state index contributed by atoms with van der Waals surface area (Å²) in [5, 5.41) is 3.36. The molecule has 0 bridgehead atoms. The van der Waals surface area contributed by atoms with E-state index in [0.717, 1.165) is 23.9 Å². The molecule has 5 heteroatoms. The maximum absolute atomic E-state index is 6.17. The Labute approximate surface area is 123 Å². The van der Waals surface area contributed by atoms with E-state index in [9.17, 15) is 0 Å². The molecule has 1 N–H and O–H groups in total. The summed E-state index contributed by atoms with van der Waals surface area (Å²) in [6, 6.07) is 8.31. The molecule has 4 nitrogen and oxygen atoms in total. The fraction of sp³-hybridized carbons (Fsp3) is 0.400. The van der Waals surface area contributed by atoms with Crippen molar-refractivity contribution in [1.82, 2.24) is 14.9 Å². The topological polar surface area (TPSA) is 39.1 Å². The summed E-state index contributed by atoms with van der Waals surface area (Å²) < 4.78 is 8.33. The number of aromatic nitrogens is 2. The van der Waals surface area contributed by atoms with Crippen molar-refractivity contribution in [2.24, 2.45) is 0 Å². The van der Waals surface area contributed by atoms with E-state index in [2.05, 4.69) is 33.9 Å². The van der Waals surface area contributed by atoms with Crippen molar-refractivity contribution in [1.29, 1.82) is 0 Å². The van der Waals surface area contributed by atoms with Gasteiger partial charge in [-0.2, -0.15) is 0 Å². The molecular formula is C15H19N3OS. The zero-order chi connectivity index (χ0) is 13.9. The molecule has 0 saturated carbocycles. The summed E-state index contributed by atoms with van der Waals surface area (Å²) in [7, 11) is 1.97. The van der Waals surface area contributed by atoms with Crippen molar-refractivity contribution in [3.8, 4) is 5.75 Å². The lowest BCUT2D eigenvalue weighted by atomic mass is 10.1. The average Bonchev–Trinajstić information content (AvgIpc) is 2.96. The maximum Gasteiger partial charge on any atom is 0.133 e. The smallest absolute Gasteiger partial charge is 0.133 e. The number of para-hydroxylation sites is 1. The van der Waals surface area contributed by atoms with Crippen LogP contribution >= 0.6 is 11.8 Å². The number of hydrogen-bond acceptors (Lipinski definition) is 4. The number of aryl methyl sites for hydroxylation is 1. The zero-order valence-electron chi connectivity index (χ0n) is 11.7. The van der Waals surface area contributed by atoms with Crippen LogP contribution in [0.25, 0.3) is 0 Å². The number of nitrogens with one attached hydrogen (secondary N) is 1. The monoisotopic (exact) mass is 289 g/mol. The number of thioether (sulfide) groups is 1. The molecule has 20 heavy (non-hydrogen) atoms. The third-order valence-electron chi connectivity index (χ3n) is 3.58. The molecule has 0 saturated heterocycles. The van der Waals surface area contributed by atoms with Crippen LogP contribution in [-0.2, 0) is 6.54 Å². The van der Waals surface area contributed by atoms with Crippen LogP contribution in [0, 0.1) is 0 Å². The van der Waals surface area contributed by atoms with Gasteiger partial charge in [-0.25, -0.2) is 4.98 Å². The number of ether oxygens (including phenoxy) is 1. The van der Waals surface area contributed by atoms with Gasteiger partial charge < -0.3 is 14.6 Å². The quantitative estimate of drug-likeness (QED) is 0.939. The Morgan fingerprint density at radius 1 is 1.50 bits per heavy atom. The molecule has 1 aromatic heterocycles. The molecular weight excluding hydrogens is 270 g/mol. The SMILES string of the molecule is CCn1ccnc1C(NC)C1CSc2ccccc2O1. The first kappa shape index (κ1) is 13.5. The molecule has 0 amide bonds. The molecule has 0 spiro atoms. The number of rotatable bonds is 4. The minimum atomic E-state index is 0.0904. The Morgan fingerprint density at radius 2 is 2.35 bits per heavy atom. The van der Waals surface area contributed by atoms with E-state index in [1.165, 1.54) is 4.90 Å². The maximum atomic E-state index is 6.17. The summed E-state index contributed by atoms with van der Waals surface area (Å²) in [5.74, 6) is 2.95. The molecule has 0 radical (unpaired) electrons. The van der Waals surface area contributed by atoms with Crippen LogP contribution < -0.4 is 10.1 Å². The second-order valence-electron chi connectivity index (χ2n) is 4.75. The Morgan fingerprint density at radius 3 is 3.15 bits per heavy atom. The van der Waals surface area contributed by atoms with Crippen molar-refractivity contribution in [2.75, 3.05) is 12.8 Å². The van der Waals surface area contributed by atoms with Crippen molar-refractivity contribution >= 4 is 11.8 Å². The van der Waals surface area contributed by atoms with Gasteiger partial charge in [-0.3, -0.25) is 0 Å². The Kier molecular flexibility index (Phi) is 3.98. The van der Waals surface area contributed by atoms with E-state index in [1.54, 1.807) is 0 Å². The Bertz CT molecular complexity index is 584. The number of imidazole rings is 1. The van der Waals surface area contributed by atoms with Gasteiger partial charge in [0.05, 0.1) is 0 Å². The number of hydrogen-bond donors (Lipinski definition) is 1. The lowest BCUT2D eigenvalue weighted by molar-refractivity contribution is 0.164. The number of benzene rings is 1. The Hall–Kier alpha value is -1.46. The van der Waals surface area contributed by atoms with Gasteiger partial charge in [0.15, 0.2) is 0 Å². The second-order valence-corrected chi connectivity index (χ2v) is 5.81. The standard InChI is InChI=1S/C15H19N3OS/c1-3-18-9-8-17-15(18)14(16-2)12-10-20-13-7-5-4-6-11(13)19-12/h4-9,12,14,16H,3,10H2,1-2H3. The highest BCUT2D eigenvalue weighted by Crippen LogP contribution is 2.37. The van der Waals surface area contributed by atoms with Crippen LogP contribution in [0.3, 0.4) is 0 Å². The van der Waals surface area contributed by atoms with Crippen LogP contribution in [0.2, 0.25) is 0 Å². The van der Waals surface area contributed by atoms with Gasteiger partial charge in [-0.05, 0) is 26.1 Å². The normalized spacial score (nSPS) is 19.2. The van der Waals surface area contributed by atoms with Gasteiger partial charge in [-0.1, -0.05) is 12.1 Å². The molecule has 2 heterocycles. The van der Waals surface area contributed by atoms with Gasteiger partial charge >= 0.3 is 0 Å². The number of likely N-dealkylation sites (N-methyl/N-ethyl adjacent to an activating group) is 1. The van der Waals surface area contributed by atoms with E-state index < -0.39 is 0 Å². The van der Waals surface area contributed by atoms with Crippen LogP contribution in [0.4, 0.5) is 0 Å². The first-order valence-corrected chi connectivity index (χ1v) is 7.88. The van der Waals surface area contributed by atoms with Gasteiger partial charge in [0.25, 0.3) is 0 Å². The highest BCUT2D eigenvalue weighted by molar-refractivity contribution is 7.99. The lowest BCUT2D eigenvalue weighted by Crippen LogP contribution is -2.39. The molecule has 3 rings (SSSR count). The molecule has 106 valence electrons. The van der Waals surface area contributed by atoms with Crippen molar-refractivity contribution < 1.29 is 4.74 Å². The second kappa shape index (κ2) is 5.89. The molecule has 2 unspecified atom stereocenters. The molecule has 1 aromatic carbocycles. The first-order chi connectivity index (χ1) is 9.83. The molecule has 2 atom stereocenters. The van der Waals surface area contributed by atoms with Crippen LogP contribution in [0.15, 0.2) is 41.6 Å². The van der Waals surface area contributed by atoms with E-state index in [1.807, 2.05) is 43.3 Å². The lowest BCUT2D eigenvalue weighted by Gasteiger charge is -2.31. The van der Waals surface area contributed by atoms with Gasteiger partial charge in [0.2, 0.25) is 0 Å². The summed E-state index contributed by atoms with van der Waals surface area (Å²) >= 11 is 1.85. The van der Waals surface area contributed by atoms with E-state index in [-0.39, 0.29) is 12.1 Å². The van der Waals surface area contributed by atoms with E-state index in [4.69, 9.17) is 4.74 Å². The van der Waals surface area contributed by atoms with Crippen LogP contribution in [0.5, 0.6) is 5.75 Å². The fourth-order valence-electron chi connectivity index (χ4n) is 2.55. The average molecular weight is 289 g/mol. The van der Waals surface area contributed by atoms with Gasteiger partial charge in [0, 0.05) is 29.6 Å². The van der Waals surface area contributed by atoms with E-state index in [0.29, 0.717) is 0 Å². The zero-order valence-corrected chi connectivity index (χ0v) is 12.6. The summed E-state index contributed by atoms with van der Waals surface area (Å²) in [5.41, 5.74) is 0. The summed E-state index contributed by atoms with van der Waals surface area (Å²) in [4.78, 5) is 5.72. The van der Waals surface area contributed by atoms with Crippen molar-refractivity contribution in [2.45, 2.75) is 30.5 Å². The van der Waals surface area contributed by atoms with Crippen LogP contribution in [-0.4, -0.2) is 28.5 Å². The first-order valence-electron chi connectivity index (χ1n) is 6.90. The highest BCUT2D eigenvalue weighted by Gasteiger charge is 2.30. The van der Waals surface area contributed by atoms with Crippen molar-refractivity contribution in [3.63, 3.8) is 0 Å². The molecule has 2 aromatic rings. The minimum Gasteiger partial charge on any atom is -0.486 e. The molecule has 0 aliphatic carbocycles. The highest BCUT2D eigenvalue weighted by atomic mass is 32.2. The summed E-state index contributed by atoms with van der Waals surface area (Å²) in [6.07, 6.45) is 3.96. The third-order valence-corrected chi connectivity index (χ3v) is 4.72.